The molecule has 4 nitrogen and oxygen atoms in total. The summed E-state index contributed by atoms with van der Waals surface area (Å²) in [6, 6.07) is 16.1. The van der Waals surface area contributed by atoms with Crippen LogP contribution in [0.1, 0.15) is 50.8 Å². The summed E-state index contributed by atoms with van der Waals surface area (Å²) >= 11 is 7.89. The third-order valence-corrected chi connectivity index (χ3v) is 6.15. The molecule has 0 aliphatic carbocycles. The Labute approximate surface area is 188 Å². The summed E-state index contributed by atoms with van der Waals surface area (Å²) in [5, 5.41) is 10.4. The van der Waals surface area contributed by atoms with Crippen molar-refractivity contribution in [1.82, 2.24) is 14.8 Å². The standard InChI is InChI=1S/C24H28ClN3OS/c1-6-15-28-22(17(2)29-20-13-11-19(12-14-20)24(3,4)5)26-27-23(28)30-16-18-9-7-8-10-21(18)25/h6-14,17H,1,15-16H2,2-5H3. The normalized spacial score (nSPS) is 12.6. The van der Waals surface area contributed by atoms with E-state index in [0.29, 0.717) is 6.54 Å². The van der Waals surface area contributed by atoms with Gasteiger partial charge in [0, 0.05) is 17.3 Å². The van der Waals surface area contributed by atoms with E-state index in [1.165, 1.54) is 5.56 Å². The summed E-state index contributed by atoms with van der Waals surface area (Å²) in [7, 11) is 0. The molecule has 0 aliphatic rings. The van der Waals surface area contributed by atoms with E-state index in [4.69, 9.17) is 16.3 Å². The van der Waals surface area contributed by atoms with Gasteiger partial charge in [-0.1, -0.05) is 80.5 Å². The summed E-state index contributed by atoms with van der Waals surface area (Å²) in [6.07, 6.45) is 1.60. The van der Waals surface area contributed by atoms with Crippen LogP contribution < -0.4 is 4.74 Å². The number of allylic oxidation sites excluding steroid dienone is 1. The van der Waals surface area contributed by atoms with Crippen LogP contribution in [0.15, 0.2) is 66.3 Å². The molecule has 3 aromatic rings. The van der Waals surface area contributed by atoms with Crippen molar-refractivity contribution in [3.63, 3.8) is 0 Å². The molecule has 0 radical (unpaired) electrons. The van der Waals surface area contributed by atoms with Gasteiger partial charge in [0.05, 0.1) is 0 Å². The fourth-order valence-electron chi connectivity index (χ4n) is 3.06. The first kappa shape index (κ1) is 22.4. The quantitative estimate of drug-likeness (QED) is 0.283. The smallest absolute Gasteiger partial charge is 0.191 e. The number of hydrogen-bond donors (Lipinski definition) is 0. The van der Waals surface area contributed by atoms with Crippen molar-refractivity contribution in [2.75, 3.05) is 0 Å². The van der Waals surface area contributed by atoms with Gasteiger partial charge in [0.2, 0.25) is 0 Å². The van der Waals surface area contributed by atoms with Gasteiger partial charge >= 0.3 is 0 Å². The van der Waals surface area contributed by atoms with Crippen LogP contribution >= 0.6 is 23.4 Å². The Hall–Kier alpha value is -2.24. The van der Waals surface area contributed by atoms with Gasteiger partial charge < -0.3 is 4.74 Å². The van der Waals surface area contributed by atoms with Crippen molar-refractivity contribution in [3.8, 4) is 5.75 Å². The summed E-state index contributed by atoms with van der Waals surface area (Å²) < 4.78 is 8.21. The van der Waals surface area contributed by atoms with Gasteiger partial charge in [0.1, 0.15) is 5.75 Å². The fraction of sp³-hybridized carbons (Fsp3) is 0.333. The zero-order valence-corrected chi connectivity index (χ0v) is 19.5. The van der Waals surface area contributed by atoms with Crippen LogP contribution in [0, 0.1) is 0 Å². The number of rotatable bonds is 8. The number of ether oxygens (including phenoxy) is 1. The van der Waals surface area contributed by atoms with Crippen LogP contribution in [0.25, 0.3) is 0 Å². The predicted octanol–water partition coefficient (Wildman–Crippen LogP) is 6.85. The highest BCUT2D eigenvalue weighted by Gasteiger charge is 2.20. The van der Waals surface area contributed by atoms with Crippen LogP contribution in [0.2, 0.25) is 5.02 Å². The third kappa shape index (κ3) is 5.46. The minimum Gasteiger partial charge on any atom is -0.483 e. The highest BCUT2D eigenvalue weighted by Crippen LogP contribution is 2.30. The monoisotopic (exact) mass is 441 g/mol. The van der Waals surface area contributed by atoms with E-state index in [0.717, 1.165) is 33.1 Å². The first-order valence-electron chi connectivity index (χ1n) is 9.97. The van der Waals surface area contributed by atoms with Crippen molar-refractivity contribution in [1.29, 1.82) is 0 Å². The number of aromatic nitrogens is 3. The Bertz CT molecular complexity index is 992. The number of thioether (sulfide) groups is 1. The van der Waals surface area contributed by atoms with Gasteiger partial charge in [-0.25, -0.2) is 0 Å². The molecule has 1 aromatic heterocycles. The van der Waals surface area contributed by atoms with E-state index in [9.17, 15) is 0 Å². The van der Waals surface area contributed by atoms with Gasteiger partial charge in [-0.05, 0) is 41.7 Å². The lowest BCUT2D eigenvalue weighted by atomic mass is 9.87. The molecule has 0 bridgehead atoms. The second-order valence-electron chi connectivity index (χ2n) is 8.15. The lowest BCUT2D eigenvalue weighted by Gasteiger charge is -2.20. The van der Waals surface area contributed by atoms with Crippen LogP contribution in [-0.2, 0) is 17.7 Å². The van der Waals surface area contributed by atoms with Crippen LogP contribution in [0.3, 0.4) is 0 Å². The first-order chi connectivity index (χ1) is 14.3. The largest absolute Gasteiger partial charge is 0.483 e. The maximum atomic E-state index is 6.28. The molecule has 1 unspecified atom stereocenters. The van der Waals surface area contributed by atoms with Gasteiger partial charge in [-0.3, -0.25) is 4.57 Å². The molecule has 30 heavy (non-hydrogen) atoms. The van der Waals surface area contributed by atoms with Crippen molar-refractivity contribution >= 4 is 23.4 Å². The second kappa shape index (κ2) is 9.71. The van der Waals surface area contributed by atoms with Crippen LogP contribution in [0.4, 0.5) is 0 Å². The van der Waals surface area contributed by atoms with Crippen LogP contribution in [-0.4, -0.2) is 14.8 Å². The number of nitrogens with zero attached hydrogens (tertiary/aromatic N) is 3. The molecule has 3 rings (SSSR count). The average molecular weight is 442 g/mol. The Morgan fingerprint density at radius 3 is 2.47 bits per heavy atom. The number of halogens is 1. The molecule has 1 atom stereocenters. The molecular formula is C24H28ClN3OS. The molecule has 0 spiro atoms. The Morgan fingerprint density at radius 2 is 1.83 bits per heavy atom. The molecule has 1 heterocycles. The summed E-state index contributed by atoms with van der Waals surface area (Å²) in [6.45, 7) is 13.1. The van der Waals surface area contributed by atoms with Crippen molar-refractivity contribution in [2.45, 2.75) is 56.7 Å². The third-order valence-electron chi connectivity index (χ3n) is 4.77. The Balaban J connectivity index is 1.75. The highest BCUT2D eigenvalue weighted by molar-refractivity contribution is 7.98. The minimum absolute atomic E-state index is 0.113. The summed E-state index contributed by atoms with van der Waals surface area (Å²) in [5.41, 5.74) is 2.46. The van der Waals surface area contributed by atoms with Crippen molar-refractivity contribution < 1.29 is 4.74 Å². The summed E-state index contributed by atoms with van der Waals surface area (Å²) in [4.78, 5) is 0. The van der Waals surface area contributed by atoms with E-state index in [2.05, 4.69) is 49.7 Å². The fourth-order valence-corrected chi connectivity index (χ4v) is 4.30. The molecular weight excluding hydrogens is 414 g/mol. The van der Waals surface area contributed by atoms with Crippen LogP contribution in [0.5, 0.6) is 5.75 Å². The first-order valence-corrected chi connectivity index (χ1v) is 11.3. The molecule has 0 N–H and O–H groups in total. The summed E-state index contributed by atoms with van der Waals surface area (Å²) in [5.74, 6) is 2.31. The van der Waals surface area contributed by atoms with Crippen molar-refractivity contribution in [2.24, 2.45) is 0 Å². The average Bonchev–Trinajstić information content (AvgIpc) is 3.10. The molecule has 0 fully saturated rings. The van der Waals surface area contributed by atoms with E-state index in [-0.39, 0.29) is 11.5 Å². The van der Waals surface area contributed by atoms with Gasteiger partial charge in [0.25, 0.3) is 0 Å². The molecule has 0 amide bonds. The van der Waals surface area contributed by atoms with Gasteiger partial charge in [0.15, 0.2) is 17.1 Å². The SMILES string of the molecule is C=CCn1c(SCc2ccccc2Cl)nnc1C(C)Oc1ccc(C(C)(C)C)cc1. The zero-order chi connectivity index (χ0) is 21.7. The number of hydrogen-bond acceptors (Lipinski definition) is 4. The Morgan fingerprint density at radius 1 is 1.13 bits per heavy atom. The second-order valence-corrected chi connectivity index (χ2v) is 9.50. The topological polar surface area (TPSA) is 39.9 Å². The number of benzene rings is 2. The maximum Gasteiger partial charge on any atom is 0.191 e. The maximum absolute atomic E-state index is 6.28. The van der Waals surface area contributed by atoms with E-state index >= 15 is 0 Å². The lowest BCUT2D eigenvalue weighted by molar-refractivity contribution is 0.210. The van der Waals surface area contributed by atoms with Gasteiger partial charge in [-0.15, -0.1) is 16.8 Å². The van der Waals surface area contributed by atoms with E-state index < -0.39 is 0 Å². The van der Waals surface area contributed by atoms with Crippen molar-refractivity contribution in [3.05, 3.63) is 83.2 Å². The molecule has 0 saturated carbocycles. The molecule has 158 valence electrons. The molecule has 2 aromatic carbocycles. The molecule has 6 heteroatoms. The van der Waals surface area contributed by atoms with E-state index in [1.54, 1.807) is 11.8 Å². The van der Waals surface area contributed by atoms with E-state index in [1.807, 2.05) is 54.0 Å². The lowest BCUT2D eigenvalue weighted by Crippen LogP contribution is -2.13. The highest BCUT2D eigenvalue weighted by atomic mass is 35.5. The Kier molecular flexibility index (Phi) is 7.27. The molecule has 0 saturated heterocycles. The predicted molar refractivity (Wildman–Crippen MR) is 125 cm³/mol. The van der Waals surface area contributed by atoms with Gasteiger partial charge in [-0.2, -0.15) is 0 Å². The minimum atomic E-state index is -0.243. The zero-order valence-electron chi connectivity index (χ0n) is 17.9. The molecule has 0 aliphatic heterocycles.